The van der Waals surface area contributed by atoms with Gasteiger partial charge in [-0.3, -0.25) is 4.79 Å². The molecule has 6 heteroatoms. The van der Waals surface area contributed by atoms with Gasteiger partial charge in [0, 0.05) is 24.4 Å². The molecule has 2 heterocycles. The van der Waals surface area contributed by atoms with Crippen LogP contribution in [0.5, 0.6) is 5.75 Å². The van der Waals surface area contributed by atoms with E-state index < -0.39 is 0 Å². The number of aryl methyl sites for hydroxylation is 1. The van der Waals surface area contributed by atoms with Gasteiger partial charge in [-0.05, 0) is 25.5 Å². The summed E-state index contributed by atoms with van der Waals surface area (Å²) in [5.74, 6) is 1.09. The van der Waals surface area contributed by atoms with Crippen LogP contribution in [0.1, 0.15) is 27.5 Å². The van der Waals surface area contributed by atoms with Gasteiger partial charge in [-0.25, -0.2) is 4.98 Å². The number of hydrogen-bond acceptors (Lipinski definition) is 5. The van der Waals surface area contributed by atoms with E-state index in [0.29, 0.717) is 24.8 Å². The highest BCUT2D eigenvalue weighted by atomic mass is 32.1. The van der Waals surface area contributed by atoms with E-state index in [1.54, 1.807) is 5.38 Å². The molecule has 1 amide bonds. The molecule has 1 aliphatic heterocycles. The first-order valence-electron chi connectivity index (χ1n) is 7.70. The van der Waals surface area contributed by atoms with E-state index in [-0.39, 0.29) is 5.91 Å². The van der Waals surface area contributed by atoms with Gasteiger partial charge in [0.15, 0.2) is 0 Å². The van der Waals surface area contributed by atoms with Crippen LogP contribution in [-0.4, -0.2) is 30.6 Å². The van der Waals surface area contributed by atoms with Gasteiger partial charge >= 0.3 is 0 Å². The zero-order valence-corrected chi connectivity index (χ0v) is 13.9. The van der Waals surface area contributed by atoms with Gasteiger partial charge in [0.2, 0.25) is 0 Å². The number of hydrogen-bond donors (Lipinski definition) is 1. The summed E-state index contributed by atoms with van der Waals surface area (Å²) in [6.07, 6.45) is 1.01. The highest BCUT2D eigenvalue weighted by molar-refractivity contribution is 7.09. The van der Waals surface area contributed by atoms with E-state index in [1.807, 2.05) is 31.2 Å². The number of benzene rings is 1. The molecule has 0 radical (unpaired) electrons. The van der Waals surface area contributed by atoms with Gasteiger partial charge in [-0.15, -0.1) is 11.3 Å². The van der Waals surface area contributed by atoms with Crippen LogP contribution < -0.4 is 10.1 Å². The van der Waals surface area contributed by atoms with Gasteiger partial charge in [0.05, 0.1) is 6.61 Å². The zero-order valence-electron chi connectivity index (χ0n) is 13.1. The fourth-order valence-corrected chi connectivity index (χ4v) is 3.02. The molecule has 0 saturated carbocycles. The molecule has 0 bridgehead atoms. The van der Waals surface area contributed by atoms with Crippen molar-refractivity contribution < 1.29 is 14.3 Å². The summed E-state index contributed by atoms with van der Waals surface area (Å²) in [5, 5.41) is 5.48. The lowest BCUT2D eigenvalue weighted by atomic mass is 10.1. The minimum absolute atomic E-state index is 0.130. The summed E-state index contributed by atoms with van der Waals surface area (Å²) in [7, 11) is 0. The number of nitrogens with zero attached hydrogens (tertiary/aromatic N) is 1. The van der Waals surface area contributed by atoms with Crippen molar-refractivity contribution in [3.8, 4) is 5.75 Å². The molecule has 0 spiro atoms. The summed E-state index contributed by atoms with van der Waals surface area (Å²) >= 11 is 1.44. The predicted molar refractivity (Wildman–Crippen MR) is 88.9 cm³/mol. The molecule has 1 N–H and O–H groups in total. The summed E-state index contributed by atoms with van der Waals surface area (Å²) in [6.45, 7) is 4.57. The van der Waals surface area contributed by atoms with Gasteiger partial charge in [-0.1, -0.05) is 17.7 Å². The Morgan fingerprint density at radius 2 is 2.26 bits per heavy atom. The quantitative estimate of drug-likeness (QED) is 0.884. The SMILES string of the molecule is Cc1ccc(OCc2nc(C(=O)NC[C@@H]3CCOC3)cs2)cc1. The van der Waals surface area contributed by atoms with Crippen molar-refractivity contribution in [3.63, 3.8) is 0 Å². The van der Waals surface area contributed by atoms with Crippen molar-refractivity contribution in [1.82, 2.24) is 10.3 Å². The molecule has 1 aromatic carbocycles. The number of aromatic nitrogens is 1. The fourth-order valence-electron chi connectivity index (χ4n) is 2.33. The first-order chi connectivity index (χ1) is 11.2. The molecule has 1 atom stereocenters. The number of carbonyl (C=O) groups excluding carboxylic acids is 1. The standard InChI is InChI=1S/C17H20N2O3S/c1-12-2-4-14(5-3-12)22-10-16-19-15(11-23-16)17(20)18-8-13-6-7-21-9-13/h2-5,11,13H,6-10H2,1H3,(H,18,20)/t13-/m0/s1. The van der Waals surface area contributed by atoms with E-state index in [0.717, 1.165) is 30.4 Å². The Hall–Kier alpha value is -1.92. The summed E-state index contributed by atoms with van der Waals surface area (Å²) in [6, 6.07) is 7.87. The highest BCUT2D eigenvalue weighted by Gasteiger charge is 2.18. The van der Waals surface area contributed by atoms with Crippen molar-refractivity contribution in [2.45, 2.75) is 20.0 Å². The number of nitrogens with one attached hydrogen (secondary N) is 1. The molecule has 122 valence electrons. The Balaban J connectivity index is 1.48. The maximum atomic E-state index is 12.1. The maximum Gasteiger partial charge on any atom is 0.270 e. The van der Waals surface area contributed by atoms with Crippen LogP contribution >= 0.6 is 11.3 Å². The normalized spacial score (nSPS) is 17.2. The second-order valence-electron chi connectivity index (χ2n) is 5.67. The minimum Gasteiger partial charge on any atom is -0.486 e. The highest BCUT2D eigenvalue weighted by Crippen LogP contribution is 2.16. The number of ether oxygens (including phenoxy) is 2. The Morgan fingerprint density at radius 1 is 1.43 bits per heavy atom. The molecule has 5 nitrogen and oxygen atoms in total. The number of thiazole rings is 1. The first-order valence-corrected chi connectivity index (χ1v) is 8.58. The van der Waals surface area contributed by atoms with Crippen molar-refractivity contribution in [1.29, 1.82) is 0 Å². The molecule has 1 aromatic heterocycles. The third-order valence-electron chi connectivity index (χ3n) is 3.74. The monoisotopic (exact) mass is 332 g/mol. The summed E-state index contributed by atoms with van der Waals surface area (Å²) < 4.78 is 11.0. The second-order valence-corrected chi connectivity index (χ2v) is 6.61. The molecule has 0 aliphatic carbocycles. The molecule has 0 unspecified atom stereocenters. The van der Waals surface area contributed by atoms with E-state index >= 15 is 0 Å². The van der Waals surface area contributed by atoms with Crippen molar-refractivity contribution in [3.05, 3.63) is 45.9 Å². The molecule has 3 rings (SSSR count). The lowest BCUT2D eigenvalue weighted by Gasteiger charge is -2.07. The average molecular weight is 332 g/mol. The minimum atomic E-state index is -0.130. The van der Waals surface area contributed by atoms with E-state index in [2.05, 4.69) is 10.3 Å². The third kappa shape index (κ3) is 4.53. The Morgan fingerprint density at radius 3 is 3.00 bits per heavy atom. The van der Waals surface area contributed by atoms with E-state index in [1.165, 1.54) is 16.9 Å². The van der Waals surface area contributed by atoms with Crippen LogP contribution in [0.25, 0.3) is 0 Å². The first kappa shape index (κ1) is 16.0. The Bertz CT molecular complexity index is 648. The average Bonchev–Trinajstić information content (AvgIpc) is 3.24. The largest absolute Gasteiger partial charge is 0.486 e. The Labute approximate surface area is 139 Å². The number of rotatable bonds is 6. The van der Waals surface area contributed by atoms with Crippen molar-refractivity contribution >= 4 is 17.2 Å². The number of carbonyl (C=O) groups is 1. The van der Waals surface area contributed by atoms with Crippen molar-refractivity contribution in [2.75, 3.05) is 19.8 Å². The maximum absolute atomic E-state index is 12.1. The number of amides is 1. The summed E-state index contributed by atoms with van der Waals surface area (Å²) in [5.41, 5.74) is 1.65. The van der Waals surface area contributed by atoms with E-state index in [9.17, 15) is 4.79 Å². The van der Waals surface area contributed by atoms with Crippen molar-refractivity contribution in [2.24, 2.45) is 5.92 Å². The topological polar surface area (TPSA) is 60.5 Å². The van der Waals surface area contributed by atoms with Crippen LogP contribution in [0.15, 0.2) is 29.6 Å². The second kappa shape index (κ2) is 7.57. The van der Waals surface area contributed by atoms with Gasteiger partial charge in [-0.2, -0.15) is 0 Å². The van der Waals surface area contributed by atoms with Crippen LogP contribution in [0.4, 0.5) is 0 Å². The molecular weight excluding hydrogens is 312 g/mol. The molecule has 1 aliphatic rings. The summed E-state index contributed by atoms with van der Waals surface area (Å²) in [4.78, 5) is 16.4. The van der Waals surface area contributed by atoms with Crippen LogP contribution in [-0.2, 0) is 11.3 Å². The third-order valence-corrected chi connectivity index (χ3v) is 4.57. The van der Waals surface area contributed by atoms with Crippen LogP contribution in [0.3, 0.4) is 0 Å². The molecular formula is C17H20N2O3S. The van der Waals surface area contributed by atoms with Crippen LogP contribution in [0.2, 0.25) is 0 Å². The van der Waals surface area contributed by atoms with Gasteiger partial charge < -0.3 is 14.8 Å². The van der Waals surface area contributed by atoms with E-state index in [4.69, 9.17) is 9.47 Å². The van der Waals surface area contributed by atoms with Gasteiger partial charge in [0.1, 0.15) is 23.1 Å². The molecule has 1 fully saturated rings. The lowest BCUT2D eigenvalue weighted by molar-refractivity contribution is 0.0940. The molecule has 1 saturated heterocycles. The predicted octanol–water partition coefficient (Wildman–Crippen LogP) is 2.80. The van der Waals surface area contributed by atoms with Crippen LogP contribution in [0, 0.1) is 12.8 Å². The Kier molecular flexibility index (Phi) is 5.25. The lowest BCUT2D eigenvalue weighted by Crippen LogP contribution is -2.29. The van der Waals surface area contributed by atoms with Gasteiger partial charge in [0.25, 0.3) is 5.91 Å². The smallest absolute Gasteiger partial charge is 0.270 e. The fraction of sp³-hybridized carbons (Fsp3) is 0.412. The zero-order chi connectivity index (χ0) is 16.1. The molecule has 2 aromatic rings. The molecule has 23 heavy (non-hydrogen) atoms.